The highest BCUT2D eigenvalue weighted by atomic mass is 16.7. The van der Waals surface area contributed by atoms with Crippen LogP contribution in [0.25, 0.3) is 0 Å². The average Bonchev–Trinajstić information content (AvgIpc) is 3.05. The minimum Gasteiger partial charge on any atom is -0.394 e. The average molecular weight is 655 g/mol. The third kappa shape index (κ3) is 14.2. The fraction of sp³-hybridized carbons (Fsp3) is 1.00. The van der Waals surface area contributed by atoms with Crippen molar-refractivity contribution < 1.29 is 64.2 Å². The summed E-state index contributed by atoms with van der Waals surface area (Å²) < 4.78 is 33.4. The quantitative estimate of drug-likeness (QED) is 0.0693. The molecule has 0 bridgehead atoms. The molecule has 0 aliphatic carbocycles. The molecule has 45 heavy (non-hydrogen) atoms. The van der Waals surface area contributed by atoms with Crippen molar-refractivity contribution in [3.63, 3.8) is 0 Å². The number of ether oxygens (including phenoxy) is 6. The van der Waals surface area contributed by atoms with Gasteiger partial charge in [0.1, 0.15) is 54.9 Å². The molecule has 2 aliphatic heterocycles. The third-order valence-corrected chi connectivity index (χ3v) is 8.69. The van der Waals surface area contributed by atoms with Gasteiger partial charge in [-0.3, -0.25) is 0 Å². The lowest BCUT2D eigenvalue weighted by molar-refractivity contribution is -0.360. The van der Waals surface area contributed by atoms with Crippen molar-refractivity contribution >= 4 is 0 Å². The summed E-state index contributed by atoms with van der Waals surface area (Å²) in [5, 5.41) is 70.9. The minimum atomic E-state index is -1.73. The van der Waals surface area contributed by atoms with Gasteiger partial charge in [-0.25, -0.2) is 0 Å². The molecule has 11 atom stereocenters. The summed E-state index contributed by atoms with van der Waals surface area (Å²) >= 11 is 0. The summed E-state index contributed by atoms with van der Waals surface area (Å²) in [6.07, 6.45) is 2.60. The van der Waals surface area contributed by atoms with E-state index in [2.05, 4.69) is 6.92 Å². The van der Waals surface area contributed by atoms with Crippen LogP contribution in [0.2, 0.25) is 0 Å². The molecule has 2 fully saturated rings. The van der Waals surface area contributed by atoms with Gasteiger partial charge in [-0.05, 0) is 6.42 Å². The Hall–Kier alpha value is -0.520. The van der Waals surface area contributed by atoms with Crippen molar-refractivity contribution in [1.29, 1.82) is 0 Å². The SMILES string of the molecule is CCCCCCCCCCCCCCCCOC[C@H](CO[C@@H]1O[C@H](CO)[C@@H](O[C@@H]2O[C@H](CO)[C@H](O)[C@H](O)[C@H]2O)[C@H](O)[C@H]1O)OC. The number of hydrogen-bond donors (Lipinski definition) is 7. The zero-order valence-electron chi connectivity index (χ0n) is 27.4. The molecule has 2 heterocycles. The first kappa shape index (κ1) is 40.7. The van der Waals surface area contributed by atoms with E-state index < -0.39 is 80.7 Å². The number of hydrogen-bond acceptors (Lipinski definition) is 13. The molecule has 0 aromatic rings. The van der Waals surface area contributed by atoms with Gasteiger partial charge in [0, 0.05) is 13.7 Å². The van der Waals surface area contributed by atoms with E-state index in [4.69, 9.17) is 28.4 Å². The van der Waals surface area contributed by atoms with Crippen LogP contribution in [0.5, 0.6) is 0 Å². The Morgan fingerprint density at radius 3 is 1.62 bits per heavy atom. The molecule has 13 nitrogen and oxygen atoms in total. The molecule has 2 aliphatic rings. The van der Waals surface area contributed by atoms with Crippen LogP contribution in [0.4, 0.5) is 0 Å². The highest BCUT2D eigenvalue weighted by Crippen LogP contribution is 2.29. The standard InChI is InChI=1S/C32H62O13/c1-3-4-5-6-7-8-9-10-11-12-13-14-15-16-17-41-20-22(40-2)21-42-31-29(39)27(37)30(24(19-34)44-31)45-32-28(38)26(36)25(35)23(18-33)43-32/h22-39H,3-21H2,1-2H3/t22-,23-,24-,25+,26+,27-,28-,29-,30-,31-,32+/m1/s1. The molecule has 0 spiro atoms. The number of rotatable bonds is 25. The van der Waals surface area contributed by atoms with E-state index >= 15 is 0 Å². The van der Waals surface area contributed by atoms with Crippen LogP contribution in [-0.2, 0) is 28.4 Å². The zero-order valence-corrected chi connectivity index (χ0v) is 27.4. The molecule has 0 saturated carbocycles. The lowest BCUT2D eigenvalue weighted by Crippen LogP contribution is -2.64. The van der Waals surface area contributed by atoms with E-state index in [9.17, 15) is 35.7 Å². The van der Waals surface area contributed by atoms with Gasteiger partial charge in [0.15, 0.2) is 12.6 Å². The molecule has 0 aromatic carbocycles. The van der Waals surface area contributed by atoms with Crippen molar-refractivity contribution in [2.75, 3.05) is 40.1 Å². The fourth-order valence-electron chi connectivity index (χ4n) is 5.69. The largest absolute Gasteiger partial charge is 0.394 e. The first-order valence-corrected chi connectivity index (χ1v) is 17.1. The molecule has 0 radical (unpaired) electrons. The molecule has 0 aromatic heterocycles. The monoisotopic (exact) mass is 654 g/mol. The number of methoxy groups -OCH3 is 1. The van der Waals surface area contributed by atoms with E-state index in [1.54, 1.807) is 0 Å². The van der Waals surface area contributed by atoms with Crippen molar-refractivity contribution in [3.8, 4) is 0 Å². The summed E-state index contributed by atoms with van der Waals surface area (Å²) in [5.41, 5.74) is 0. The first-order valence-electron chi connectivity index (χ1n) is 17.1. The van der Waals surface area contributed by atoms with Gasteiger partial charge in [0.2, 0.25) is 0 Å². The van der Waals surface area contributed by atoms with Crippen molar-refractivity contribution in [2.45, 2.75) is 164 Å². The molecule has 0 amide bonds. The van der Waals surface area contributed by atoms with Gasteiger partial charge in [-0.2, -0.15) is 0 Å². The highest BCUT2D eigenvalue weighted by molar-refractivity contribution is 4.94. The van der Waals surface area contributed by atoms with Gasteiger partial charge in [-0.1, -0.05) is 90.4 Å². The summed E-state index contributed by atoms with van der Waals surface area (Å²) in [7, 11) is 1.51. The first-order chi connectivity index (χ1) is 21.8. The van der Waals surface area contributed by atoms with Crippen LogP contribution >= 0.6 is 0 Å². The lowest BCUT2D eigenvalue weighted by Gasteiger charge is -2.46. The topological polar surface area (TPSA) is 197 Å². The summed E-state index contributed by atoms with van der Waals surface area (Å²) in [5.74, 6) is 0. The van der Waals surface area contributed by atoms with E-state index in [0.717, 1.165) is 12.8 Å². The smallest absolute Gasteiger partial charge is 0.187 e. The zero-order chi connectivity index (χ0) is 33.0. The number of aliphatic hydroxyl groups is 7. The lowest BCUT2D eigenvalue weighted by atomic mass is 9.97. The van der Waals surface area contributed by atoms with Crippen LogP contribution in [-0.4, -0.2) is 143 Å². The van der Waals surface area contributed by atoms with Gasteiger partial charge in [0.25, 0.3) is 0 Å². The Kier molecular flexibility index (Phi) is 21.5. The maximum absolute atomic E-state index is 10.7. The molecule has 2 rings (SSSR count). The Bertz CT molecular complexity index is 715. The Labute approximate surface area is 268 Å². The van der Waals surface area contributed by atoms with E-state index in [1.165, 1.54) is 84.2 Å². The summed E-state index contributed by atoms with van der Waals surface area (Å²) in [6, 6.07) is 0. The summed E-state index contributed by atoms with van der Waals surface area (Å²) in [6.45, 7) is 1.81. The normalized spacial score (nSPS) is 33.0. The Balaban J connectivity index is 1.61. The number of unbranched alkanes of at least 4 members (excludes halogenated alkanes) is 13. The predicted molar refractivity (Wildman–Crippen MR) is 164 cm³/mol. The predicted octanol–water partition coefficient (Wildman–Crippen LogP) is 1.14. The van der Waals surface area contributed by atoms with Crippen LogP contribution in [0, 0.1) is 0 Å². The van der Waals surface area contributed by atoms with E-state index in [0.29, 0.717) is 6.61 Å². The van der Waals surface area contributed by atoms with Crippen molar-refractivity contribution in [1.82, 2.24) is 0 Å². The maximum atomic E-state index is 10.7. The molecular formula is C32H62O13. The van der Waals surface area contributed by atoms with E-state index in [-0.39, 0.29) is 13.2 Å². The third-order valence-electron chi connectivity index (χ3n) is 8.69. The minimum absolute atomic E-state index is 0.0138. The number of aliphatic hydroxyl groups excluding tert-OH is 7. The Morgan fingerprint density at radius 1 is 0.578 bits per heavy atom. The molecule has 268 valence electrons. The second-order valence-corrected chi connectivity index (χ2v) is 12.4. The van der Waals surface area contributed by atoms with E-state index in [1.807, 2.05) is 0 Å². The van der Waals surface area contributed by atoms with Crippen LogP contribution in [0.15, 0.2) is 0 Å². The molecule has 13 heteroatoms. The van der Waals surface area contributed by atoms with Crippen molar-refractivity contribution in [2.24, 2.45) is 0 Å². The van der Waals surface area contributed by atoms with Crippen LogP contribution in [0.1, 0.15) is 96.8 Å². The highest BCUT2D eigenvalue weighted by Gasteiger charge is 2.50. The molecular weight excluding hydrogens is 592 g/mol. The van der Waals surface area contributed by atoms with Gasteiger partial charge in [-0.15, -0.1) is 0 Å². The second kappa shape index (κ2) is 23.7. The molecule has 2 saturated heterocycles. The molecule has 0 unspecified atom stereocenters. The van der Waals surface area contributed by atoms with Crippen LogP contribution in [0.3, 0.4) is 0 Å². The molecule has 7 N–H and O–H groups in total. The van der Waals surface area contributed by atoms with Gasteiger partial charge in [0.05, 0.1) is 26.4 Å². The second-order valence-electron chi connectivity index (χ2n) is 12.4. The Morgan fingerprint density at radius 2 is 1.09 bits per heavy atom. The fourth-order valence-corrected chi connectivity index (χ4v) is 5.69. The van der Waals surface area contributed by atoms with Gasteiger partial charge < -0.3 is 64.2 Å². The van der Waals surface area contributed by atoms with Gasteiger partial charge >= 0.3 is 0 Å². The maximum Gasteiger partial charge on any atom is 0.187 e. The summed E-state index contributed by atoms with van der Waals surface area (Å²) in [4.78, 5) is 0. The van der Waals surface area contributed by atoms with Crippen molar-refractivity contribution in [3.05, 3.63) is 0 Å². The van der Waals surface area contributed by atoms with Crippen LogP contribution < -0.4 is 0 Å².